The second-order valence-electron chi connectivity index (χ2n) is 28.7. The molecule has 0 aliphatic heterocycles. The summed E-state index contributed by atoms with van der Waals surface area (Å²) in [5.41, 5.74) is 21.2. The molecule has 0 bridgehead atoms. The molecule has 15 aromatic carbocycles. The molecule has 0 saturated heterocycles. The van der Waals surface area contributed by atoms with Gasteiger partial charge in [0.05, 0.1) is 73.6 Å². The molecule has 16 heteroatoms. The van der Waals surface area contributed by atoms with Gasteiger partial charge in [-0.1, -0.05) is 200 Å². The van der Waals surface area contributed by atoms with Gasteiger partial charge in [-0.15, -0.1) is 0 Å². The van der Waals surface area contributed by atoms with Gasteiger partial charge in [0, 0.05) is 77.4 Å². The van der Waals surface area contributed by atoms with Crippen molar-refractivity contribution in [3.63, 3.8) is 0 Å². The van der Waals surface area contributed by atoms with Crippen LogP contribution in [0.1, 0.15) is 11.1 Å². The van der Waals surface area contributed by atoms with Crippen LogP contribution in [0.4, 0.5) is 34.1 Å². The molecule has 4 aromatic heterocycles. The maximum absolute atomic E-state index is 10.2. The Morgan fingerprint density at radius 2 is 0.425 bits per heavy atom. The Labute approximate surface area is 688 Å². The van der Waals surface area contributed by atoms with Gasteiger partial charge in [-0.25, -0.2) is 59.0 Å². The number of nitrogens with zero attached hydrogens (tertiary/aromatic N) is 16. The van der Waals surface area contributed by atoms with Crippen LogP contribution in [0.25, 0.3) is 219 Å². The monoisotopic (exact) mass is 1530 g/mol. The second-order valence-corrected chi connectivity index (χ2v) is 28.7. The molecule has 0 spiro atoms. The fourth-order valence-corrected chi connectivity index (χ4v) is 15.7. The summed E-state index contributed by atoms with van der Waals surface area (Å²) in [5, 5.41) is 23.9. The highest BCUT2D eigenvalue weighted by Crippen LogP contribution is 2.46. The molecule has 0 aliphatic rings. The van der Waals surface area contributed by atoms with Crippen molar-refractivity contribution in [1.29, 1.82) is 10.5 Å². The van der Waals surface area contributed by atoms with Crippen molar-refractivity contribution in [3.8, 4) is 159 Å². The van der Waals surface area contributed by atoms with Crippen LogP contribution in [0.2, 0.25) is 0 Å². The second kappa shape index (κ2) is 30.4. The van der Waals surface area contributed by atoms with E-state index in [-0.39, 0.29) is 0 Å². The van der Waals surface area contributed by atoms with E-state index in [0.717, 1.165) is 122 Å². The summed E-state index contributed by atoms with van der Waals surface area (Å²) in [4.78, 5) is 54.2. The maximum atomic E-state index is 10.2. The predicted molar refractivity (Wildman–Crippen MR) is 474 cm³/mol. The molecule has 16 nitrogen and oxygen atoms in total. The van der Waals surface area contributed by atoms with Crippen LogP contribution in [-0.2, 0) is 0 Å². The fourth-order valence-electron chi connectivity index (χ4n) is 15.7. The number of aromatic nitrogens is 8. The van der Waals surface area contributed by atoms with Gasteiger partial charge >= 0.3 is 0 Å². The summed E-state index contributed by atoms with van der Waals surface area (Å²) in [7, 11) is 0. The molecule has 120 heavy (non-hydrogen) atoms. The quantitative estimate of drug-likeness (QED) is 0.0972. The molecule has 0 N–H and O–H groups in total. The van der Waals surface area contributed by atoms with Gasteiger partial charge in [0.15, 0.2) is 69.1 Å². The van der Waals surface area contributed by atoms with E-state index in [1.165, 1.54) is 0 Å². The van der Waals surface area contributed by atoms with Gasteiger partial charge in [0.1, 0.15) is 0 Å². The smallest absolute Gasteiger partial charge is 0.189 e. The van der Waals surface area contributed by atoms with Crippen molar-refractivity contribution in [2.45, 2.75) is 0 Å². The highest BCUT2D eigenvalue weighted by atomic mass is 15.1. The van der Waals surface area contributed by atoms with E-state index in [1.54, 1.807) is 72.8 Å². The van der Waals surface area contributed by atoms with E-state index in [9.17, 15) is 10.5 Å². The molecule has 0 amide bonds. The Kier molecular flexibility index (Phi) is 18.3. The lowest BCUT2D eigenvalue weighted by Crippen LogP contribution is -2.02. The van der Waals surface area contributed by atoms with Crippen LogP contribution in [-0.4, -0.2) is 39.0 Å². The van der Waals surface area contributed by atoms with Crippen LogP contribution in [0.5, 0.6) is 0 Å². The molecule has 19 rings (SSSR count). The van der Waals surface area contributed by atoms with Gasteiger partial charge in [0.2, 0.25) is 0 Å². The molecule has 4 heterocycles. The first kappa shape index (κ1) is 72.1. The number of fused-ring (bicyclic) bond motifs is 6. The normalized spacial score (nSPS) is 10.9. The minimum absolute atomic E-state index is 0.333. The van der Waals surface area contributed by atoms with E-state index in [0.29, 0.717) is 114 Å². The Morgan fingerprint density at radius 1 is 0.200 bits per heavy atom. The van der Waals surface area contributed by atoms with E-state index in [2.05, 4.69) is 160 Å². The Bertz CT molecular complexity index is 6910. The largest absolute Gasteiger partial charge is 0.309 e. The third-order valence-corrected chi connectivity index (χ3v) is 21.3. The highest BCUT2D eigenvalue weighted by Gasteiger charge is 2.24. The Balaban J connectivity index is 0.864. The molecule has 0 aliphatic carbocycles. The van der Waals surface area contributed by atoms with Crippen LogP contribution < -0.4 is 0 Å². The summed E-state index contributed by atoms with van der Waals surface area (Å²) in [5.74, 6) is 2.72. The zero-order chi connectivity index (χ0) is 81.5. The first-order valence-electron chi connectivity index (χ1n) is 38.0. The third kappa shape index (κ3) is 13.6. The molecule has 19 aromatic rings. The van der Waals surface area contributed by atoms with Gasteiger partial charge in [-0.05, 0) is 194 Å². The first-order valence-corrected chi connectivity index (χ1v) is 38.0. The lowest BCUT2D eigenvalue weighted by Gasteiger charge is -2.16. The SMILES string of the molecule is [C-]#[N+]c1cc(C#N)cc(-c2ccc3c(c2)c2cc(-c4cc([N+]#[C-])cc([N+]#[C-])c4)ccc2n3-c2cc(-c3cccc(-c4cc(-c5nc(-c6ccccc6)nc(-c6ccccc6)n5)cc(-n5c6ccc(-c7cc(C#N)cc([N+]#[C-])c7)cc6c6cc(-c7cc([N+]#[C-])cc([N+]#[C-])c7)ccc65)c4)c3)cc(-c3nc(-c4ccccc4)nc(-c4ccccc4)n3)c2)c1. The average molecular weight is 1530 g/mol. The Morgan fingerprint density at radius 3 is 0.700 bits per heavy atom. The zero-order valence-electron chi connectivity index (χ0n) is 63.3. The lowest BCUT2D eigenvalue weighted by atomic mass is 9.95. The molecule has 0 fully saturated rings. The maximum Gasteiger partial charge on any atom is 0.189 e. The molecule has 550 valence electrons. The van der Waals surface area contributed by atoms with Crippen molar-refractivity contribution < 1.29 is 0 Å². The number of hydrogen-bond acceptors (Lipinski definition) is 8. The van der Waals surface area contributed by atoms with Crippen molar-refractivity contribution in [2.24, 2.45) is 0 Å². The van der Waals surface area contributed by atoms with Crippen molar-refractivity contribution >= 4 is 77.7 Å². The van der Waals surface area contributed by atoms with E-state index in [1.807, 2.05) is 146 Å². The van der Waals surface area contributed by atoms with Crippen LogP contribution in [0.3, 0.4) is 0 Å². The van der Waals surface area contributed by atoms with Crippen molar-refractivity contribution in [1.82, 2.24) is 39.0 Å². The summed E-state index contributed by atoms with van der Waals surface area (Å²) >= 11 is 0. The molecule has 0 atom stereocenters. The summed E-state index contributed by atoms with van der Waals surface area (Å²) in [6.45, 7) is 48.1. The molecule has 0 radical (unpaired) electrons. The number of hydrogen-bond donors (Lipinski definition) is 0. The van der Waals surface area contributed by atoms with Crippen molar-refractivity contribution in [3.05, 3.63) is 407 Å². The standard InChI is InChI=1S/C104H54N16/c1-107-83-40-63(61-105)38-75(45-83)71-30-34-95-91(55-71)93-57-73(79-47-85(109-3)59-86(48-79)110-4)32-36-97(93)119(95)89-51-77(43-81(53-89)103-115-99(65-20-11-7-12-21-65)113-100(116-103)66-22-13-8-14-23-66)69-28-19-29-70(42-69)78-44-82(104-117-101(67-24-15-9-16-25-67)114-102(118-104)68-26-17-10-18-27-68)54-90(52-78)120-96-35-31-72(76-39-64(62-106)41-84(46-76)108-2)56-92(96)94-58-74(33-37-98(94)120)80-49-87(111-5)60-88(50-80)112-6/h7-60H. The van der Waals surface area contributed by atoms with Gasteiger partial charge in [0.25, 0.3) is 0 Å². The minimum Gasteiger partial charge on any atom is -0.309 e. The van der Waals surface area contributed by atoms with E-state index in [4.69, 9.17) is 69.3 Å². The van der Waals surface area contributed by atoms with Crippen LogP contribution >= 0.6 is 0 Å². The zero-order valence-corrected chi connectivity index (χ0v) is 63.3. The number of nitriles is 2. The number of rotatable bonds is 14. The third-order valence-electron chi connectivity index (χ3n) is 21.3. The Hall–Kier alpha value is -18.2. The summed E-state index contributed by atoms with van der Waals surface area (Å²) in [6.07, 6.45) is 0. The van der Waals surface area contributed by atoms with Crippen molar-refractivity contribution in [2.75, 3.05) is 0 Å². The molecule has 0 saturated carbocycles. The molecule has 0 unspecified atom stereocenters. The minimum atomic E-state index is 0.333. The molecular formula is C104H54N16. The molecular weight excluding hydrogens is 1470 g/mol. The summed E-state index contributed by atoms with van der Waals surface area (Å²) < 4.78 is 4.45. The van der Waals surface area contributed by atoms with Crippen LogP contribution in [0, 0.1) is 62.1 Å². The topological polar surface area (TPSA) is 161 Å². The lowest BCUT2D eigenvalue weighted by molar-refractivity contribution is 1.07. The van der Waals surface area contributed by atoms with E-state index < -0.39 is 0 Å². The fraction of sp³-hybridized carbons (Fsp3) is 0. The number of benzene rings is 15. The average Bonchev–Trinajstić information content (AvgIpc) is 1.57. The highest BCUT2D eigenvalue weighted by molar-refractivity contribution is 6.14. The van der Waals surface area contributed by atoms with Gasteiger partial charge in [-0.2, -0.15) is 10.5 Å². The van der Waals surface area contributed by atoms with E-state index >= 15 is 0 Å². The van der Waals surface area contributed by atoms with Gasteiger partial charge in [-0.3, -0.25) is 0 Å². The predicted octanol–water partition coefficient (Wildman–Crippen LogP) is 27.3. The first-order chi connectivity index (χ1) is 58.9. The van der Waals surface area contributed by atoms with Gasteiger partial charge < -0.3 is 9.13 Å². The van der Waals surface area contributed by atoms with Crippen LogP contribution in [0.15, 0.2) is 328 Å². The summed E-state index contributed by atoms with van der Waals surface area (Å²) in [6, 6.07) is 110.